The summed E-state index contributed by atoms with van der Waals surface area (Å²) in [5, 5.41) is 5.69. The van der Waals surface area contributed by atoms with Gasteiger partial charge in [0.15, 0.2) is 0 Å². The lowest BCUT2D eigenvalue weighted by atomic mass is 10.1. The summed E-state index contributed by atoms with van der Waals surface area (Å²) in [6, 6.07) is 13.5. The minimum absolute atomic E-state index is 0.0300. The zero-order chi connectivity index (χ0) is 20.0. The van der Waals surface area contributed by atoms with Crippen molar-refractivity contribution in [2.45, 2.75) is 19.3 Å². The number of benzene rings is 1. The van der Waals surface area contributed by atoms with Crippen LogP contribution in [0.4, 0.5) is 19.0 Å². The number of alkyl halides is 3. The van der Waals surface area contributed by atoms with Gasteiger partial charge in [0.1, 0.15) is 11.5 Å². The van der Waals surface area contributed by atoms with Gasteiger partial charge >= 0.3 is 6.18 Å². The van der Waals surface area contributed by atoms with Gasteiger partial charge in [0.05, 0.1) is 5.56 Å². The van der Waals surface area contributed by atoms with Crippen molar-refractivity contribution in [3.63, 3.8) is 0 Å². The number of rotatable bonds is 6. The Labute approximate surface area is 159 Å². The number of hydrogen-bond donors (Lipinski definition) is 2. The topological polar surface area (TPSA) is 66.9 Å². The molecule has 2 aromatic heterocycles. The quantitative estimate of drug-likeness (QED) is 0.671. The molecule has 2 heterocycles. The lowest BCUT2D eigenvalue weighted by Gasteiger charge is -2.10. The fourth-order valence-corrected chi connectivity index (χ4v) is 2.49. The zero-order valence-corrected chi connectivity index (χ0v) is 14.7. The van der Waals surface area contributed by atoms with Gasteiger partial charge in [-0.1, -0.05) is 24.3 Å². The molecule has 1 aromatic carbocycles. The van der Waals surface area contributed by atoms with Crippen molar-refractivity contribution in [3.8, 4) is 0 Å². The fourth-order valence-electron chi connectivity index (χ4n) is 2.49. The highest BCUT2D eigenvalue weighted by atomic mass is 19.4. The molecule has 3 rings (SSSR count). The number of aromatic nitrogens is 2. The Kier molecular flexibility index (Phi) is 5.88. The van der Waals surface area contributed by atoms with Crippen LogP contribution in [-0.2, 0) is 19.3 Å². The Morgan fingerprint density at radius 3 is 2.50 bits per heavy atom. The first kappa shape index (κ1) is 19.3. The average molecular weight is 386 g/mol. The number of hydrogen-bond acceptors (Lipinski definition) is 4. The van der Waals surface area contributed by atoms with Crippen LogP contribution < -0.4 is 10.6 Å². The SMILES string of the molecule is O=C(NCc1cccc(C(F)(F)F)c1)c1cccc(NCc2cccnc2)n1. The Morgan fingerprint density at radius 1 is 0.964 bits per heavy atom. The second kappa shape index (κ2) is 8.51. The number of anilines is 1. The van der Waals surface area contributed by atoms with Crippen LogP contribution in [0.25, 0.3) is 0 Å². The highest BCUT2D eigenvalue weighted by Gasteiger charge is 2.30. The summed E-state index contributed by atoms with van der Waals surface area (Å²) >= 11 is 0. The molecular formula is C20H17F3N4O. The maximum Gasteiger partial charge on any atom is 0.416 e. The molecule has 0 aliphatic rings. The molecular weight excluding hydrogens is 369 g/mol. The lowest BCUT2D eigenvalue weighted by molar-refractivity contribution is -0.137. The van der Waals surface area contributed by atoms with E-state index in [1.807, 2.05) is 12.1 Å². The second-order valence-corrected chi connectivity index (χ2v) is 6.00. The standard InChI is InChI=1S/C20H17F3N4O/c21-20(22,23)16-6-1-4-14(10-16)12-26-19(28)17-7-2-8-18(27-17)25-13-15-5-3-9-24-11-15/h1-11H,12-13H2,(H,25,27)(H,26,28). The van der Waals surface area contributed by atoms with Gasteiger partial charge in [-0.2, -0.15) is 13.2 Å². The smallest absolute Gasteiger partial charge is 0.366 e. The Hall–Kier alpha value is -3.42. The molecule has 1 amide bonds. The van der Waals surface area contributed by atoms with Gasteiger partial charge in [-0.25, -0.2) is 4.98 Å². The second-order valence-electron chi connectivity index (χ2n) is 6.00. The number of amides is 1. The van der Waals surface area contributed by atoms with E-state index in [-0.39, 0.29) is 12.2 Å². The van der Waals surface area contributed by atoms with Gasteiger partial charge in [-0.05, 0) is 41.5 Å². The maximum atomic E-state index is 12.8. The number of nitrogens with one attached hydrogen (secondary N) is 2. The third-order valence-corrected chi connectivity index (χ3v) is 3.89. The molecule has 0 aliphatic carbocycles. The first-order valence-electron chi connectivity index (χ1n) is 8.46. The van der Waals surface area contributed by atoms with Crippen molar-refractivity contribution in [2.75, 3.05) is 5.32 Å². The number of nitrogens with zero attached hydrogens (tertiary/aromatic N) is 2. The molecule has 0 aliphatic heterocycles. The van der Waals surface area contributed by atoms with Crippen molar-refractivity contribution in [1.82, 2.24) is 15.3 Å². The van der Waals surface area contributed by atoms with Gasteiger partial charge < -0.3 is 10.6 Å². The minimum Gasteiger partial charge on any atom is -0.366 e. The monoisotopic (exact) mass is 386 g/mol. The van der Waals surface area contributed by atoms with Crippen LogP contribution in [-0.4, -0.2) is 15.9 Å². The van der Waals surface area contributed by atoms with Crippen molar-refractivity contribution in [1.29, 1.82) is 0 Å². The van der Waals surface area contributed by atoms with Gasteiger partial charge in [0, 0.05) is 25.5 Å². The van der Waals surface area contributed by atoms with Crippen LogP contribution in [0, 0.1) is 0 Å². The van der Waals surface area contributed by atoms with Gasteiger partial charge in [-0.15, -0.1) is 0 Å². The van der Waals surface area contributed by atoms with Crippen molar-refractivity contribution < 1.29 is 18.0 Å². The Bertz CT molecular complexity index is 945. The highest BCUT2D eigenvalue weighted by molar-refractivity contribution is 5.92. The van der Waals surface area contributed by atoms with Crippen molar-refractivity contribution >= 4 is 11.7 Å². The van der Waals surface area contributed by atoms with E-state index in [2.05, 4.69) is 20.6 Å². The summed E-state index contributed by atoms with van der Waals surface area (Å²) in [5.74, 6) is 0.0398. The Balaban J connectivity index is 1.60. The minimum atomic E-state index is -4.42. The first-order valence-corrected chi connectivity index (χ1v) is 8.46. The predicted molar refractivity (Wildman–Crippen MR) is 98.4 cm³/mol. The Morgan fingerprint density at radius 2 is 1.75 bits per heavy atom. The maximum absolute atomic E-state index is 12.8. The van der Waals surface area contributed by atoms with E-state index in [9.17, 15) is 18.0 Å². The molecule has 28 heavy (non-hydrogen) atoms. The van der Waals surface area contributed by atoms with Gasteiger partial charge in [0.25, 0.3) is 5.91 Å². The van der Waals surface area contributed by atoms with Crippen molar-refractivity contribution in [3.05, 3.63) is 89.4 Å². The first-order chi connectivity index (χ1) is 13.4. The molecule has 0 spiro atoms. The zero-order valence-electron chi connectivity index (χ0n) is 14.7. The summed E-state index contributed by atoms with van der Waals surface area (Å²) in [4.78, 5) is 20.5. The lowest BCUT2D eigenvalue weighted by Crippen LogP contribution is -2.24. The van der Waals surface area contributed by atoms with Crippen LogP contribution in [0.3, 0.4) is 0 Å². The number of halogens is 3. The molecule has 0 unspecified atom stereocenters. The van der Waals surface area contributed by atoms with Crippen LogP contribution in [0.5, 0.6) is 0 Å². The van der Waals surface area contributed by atoms with Crippen LogP contribution in [0.1, 0.15) is 27.2 Å². The average Bonchev–Trinajstić information content (AvgIpc) is 2.71. The van der Waals surface area contributed by atoms with E-state index in [0.717, 1.165) is 17.7 Å². The molecule has 5 nitrogen and oxygen atoms in total. The molecule has 144 valence electrons. The molecule has 0 saturated carbocycles. The summed E-state index contributed by atoms with van der Waals surface area (Å²) in [5.41, 5.74) is 0.736. The van der Waals surface area contributed by atoms with Gasteiger partial charge in [-0.3, -0.25) is 9.78 Å². The third-order valence-electron chi connectivity index (χ3n) is 3.89. The summed E-state index contributed by atoms with van der Waals surface area (Å²) in [7, 11) is 0. The normalized spacial score (nSPS) is 11.1. The fraction of sp³-hybridized carbons (Fsp3) is 0.150. The third kappa shape index (κ3) is 5.29. The predicted octanol–water partition coefficient (Wildman–Crippen LogP) is 4.04. The summed E-state index contributed by atoms with van der Waals surface area (Å²) < 4.78 is 38.3. The summed E-state index contributed by atoms with van der Waals surface area (Å²) in [6.07, 6.45) is -1.02. The van der Waals surface area contributed by atoms with E-state index in [0.29, 0.717) is 17.9 Å². The molecule has 0 radical (unpaired) electrons. The van der Waals surface area contributed by atoms with Crippen LogP contribution in [0.2, 0.25) is 0 Å². The molecule has 3 aromatic rings. The van der Waals surface area contributed by atoms with E-state index in [1.54, 1.807) is 24.5 Å². The number of pyridine rings is 2. The molecule has 0 bridgehead atoms. The van der Waals surface area contributed by atoms with Gasteiger partial charge in [0.2, 0.25) is 0 Å². The van der Waals surface area contributed by atoms with E-state index >= 15 is 0 Å². The number of carbonyl (C=O) groups is 1. The molecule has 0 atom stereocenters. The number of carbonyl (C=O) groups excluding carboxylic acids is 1. The largest absolute Gasteiger partial charge is 0.416 e. The van der Waals surface area contributed by atoms with Crippen LogP contribution in [0.15, 0.2) is 67.0 Å². The summed E-state index contributed by atoms with van der Waals surface area (Å²) in [6.45, 7) is 0.466. The molecule has 0 fully saturated rings. The molecule has 8 heteroatoms. The molecule has 2 N–H and O–H groups in total. The van der Waals surface area contributed by atoms with Crippen molar-refractivity contribution in [2.24, 2.45) is 0 Å². The van der Waals surface area contributed by atoms with Crippen LogP contribution >= 0.6 is 0 Å². The van der Waals surface area contributed by atoms with E-state index < -0.39 is 17.6 Å². The molecule has 0 saturated heterocycles. The van der Waals surface area contributed by atoms with E-state index in [4.69, 9.17) is 0 Å². The van der Waals surface area contributed by atoms with E-state index in [1.165, 1.54) is 18.2 Å². The highest BCUT2D eigenvalue weighted by Crippen LogP contribution is 2.29.